The molecule has 2 heterocycles. The number of benzene rings is 1. The van der Waals surface area contributed by atoms with Gasteiger partial charge in [-0.1, -0.05) is 18.2 Å². The van der Waals surface area contributed by atoms with Crippen LogP contribution in [0.2, 0.25) is 0 Å². The second-order valence-corrected chi connectivity index (χ2v) is 12.0. The molecule has 0 aliphatic heterocycles. The zero-order chi connectivity index (χ0) is 22.2. The van der Waals surface area contributed by atoms with E-state index in [9.17, 15) is 4.79 Å². The lowest BCUT2D eigenvalue weighted by Crippen LogP contribution is -2.35. The molecule has 1 N–H and O–H groups in total. The molecular weight excluding hydrogens is 405 g/mol. The average Bonchev–Trinajstić information content (AvgIpc) is 2.77. The Labute approximate surface area is 185 Å². The molecule has 0 bridgehead atoms. The van der Waals surface area contributed by atoms with Crippen LogP contribution in [0.5, 0.6) is 0 Å². The summed E-state index contributed by atoms with van der Waals surface area (Å²) in [6, 6.07) is 19.1. The van der Waals surface area contributed by atoms with Crippen LogP contribution in [0.4, 0.5) is 4.79 Å². The molecule has 162 valence electrons. The predicted octanol–water partition coefficient (Wildman–Crippen LogP) is 4.08. The Hall–Kier alpha value is -2.78. The highest BCUT2D eigenvalue weighted by molar-refractivity contribution is 7.95. The van der Waals surface area contributed by atoms with Gasteiger partial charge in [0.15, 0.2) is 0 Å². The van der Waals surface area contributed by atoms with E-state index in [1.165, 1.54) is 15.9 Å². The zero-order valence-corrected chi connectivity index (χ0v) is 19.4. The second-order valence-electron chi connectivity index (χ2n) is 8.43. The summed E-state index contributed by atoms with van der Waals surface area (Å²) >= 11 is 0. The molecule has 3 rings (SSSR count). The molecule has 0 aliphatic carbocycles. The normalized spacial score (nSPS) is 11.7. The molecule has 6 heteroatoms. The van der Waals surface area contributed by atoms with E-state index in [0.717, 1.165) is 19.0 Å². The van der Waals surface area contributed by atoms with Crippen molar-refractivity contribution in [2.75, 3.05) is 12.7 Å². The van der Waals surface area contributed by atoms with Gasteiger partial charge in [0.25, 0.3) is 0 Å². The van der Waals surface area contributed by atoms with Gasteiger partial charge >= 0.3 is 6.09 Å². The minimum atomic E-state index is -1.92. The number of carbonyl (C=O) groups excluding carboxylic acids is 1. The fourth-order valence-corrected chi connectivity index (χ4v) is 7.91. The minimum absolute atomic E-state index is 0.365. The summed E-state index contributed by atoms with van der Waals surface area (Å²) in [5.74, 6) is 0. The van der Waals surface area contributed by atoms with Crippen LogP contribution < -0.4 is 21.2 Å². The molecule has 0 aliphatic rings. The number of hydrogen-bond donors (Lipinski definition) is 1. The number of alkyl carbamates (subject to hydrolysis) is 1. The van der Waals surface area contributed by atoms with E-state index in [1.54, 1.807) is 0 Å². The SMILES string of the molecule is CC(C)(C)OC(=O)NCCCC[P+](c1ccccc1)(c1cccnc1)c1cccnc1. The summed E-state index contributed by atoms with van der Waals surface area (Å²) in [5.41, 5.74) is -0.487. The largest absolute Gasteiger partial charge is 0.444 e. The Morgan fingerprint density at radius 1 is 0.871 bits per heavy atom. The van der Waals surface area contributed by atoms with Crippen molar-refractivity contribution in [3.63, 3.8) is 0 Å². The van der Waals surface area contributed by atoms with E-state index in [1.807, 2.05) is 57.7 Å². The Bertz CT molecular complexity index is 848. The van der Waals surface area contributed by atoms with Gasteiger partial charge in [-0.2, -0.15) is 0 Å². The highest BCUT2D eigenvalue weighted by Gasteiger charge is 2.45. The zero-order valence-electron chi connectivity index (χ0n) is 18.5. The molecule has 0 radical (unpaired) electrons. The summed E-state index contributed by atoms with van der Waals surface area (Å²) < 4.78 is 5.33. The van der Waals surface area contributed by atoms with E-state index in [0.29, 0.717) is 6.54 Å². The first-order chi connectivity index (χ1) is 14.9. The lowest BCUT2D eigenvalue weighted by molar-refractivity contribution is 0.0527. The molecule has 0 unspecified atom stereocenters. The van der Waals surface area contributed by atoms with Gasteiger partial charge in [0, 0.05) is 18.9 Å². The number of rotatable bonds is 8. The molecule has 0 spiro atoms. The average molecular weight is 437 g/mol. The Kier molecular flexibility index (Phi) is 7.75. The summed E-state index contributed by atoms with van der Waals surface area (Å²) in [4.78, 5) is 20.8. The van der Waals surface area contributed by atoms with Crippen molar-refractivity contribution in [3.05, 3.63) is 79.4 Å². The topological polar surface area (TPSA) is 64.1 Å². The fraction of sp³-hybridized carbons (Fsp3) is 0.320. The van der Waals surface area contributed by atoms with Gasteiger partial charge in [-0.15, -0.1) is 0 Å². The van der Waals surface area contributed by atoms with E-state index >= 15 is 0 Å². The second kappa shape index (κ2) is 10.5. The van der Waals surface area contributed by atoms with Crippen molar-refractivity contribution in [1.29, 1.82) is 0 Å². The van der Waals surface area contributed by atoms with Crippen molar-refractivity contribution in [1.82, 2.24) is 15.3 Å². The number of amides is 1. The van der Waals surface area contributed by atoms with E-state index in [4.69, 9.17) is 4.74 Å². The number of ether oxygens (including phenoxy) is 1. The number of unbranched alkanes of at least 4 members (excludes halogenated alkanes) is 1. The molecule has 31 heavy (non-hydrogen) atoms. The van der Waals surface area contributed by atoms with Crippen molar-refractivity contribution >= 4 is 29.3 Å². The van der Waals surface area contributed by atoms with Crippen molar-refractivity contribution in [2.45, 2.75) is 39.2 Å². The third-order valence-electron chi connectivity index (χ3n) is 4.96. The van der Waals surface area contributed by atoms with E-state index < -0.39 is 12.9 Å². The Balaban J connectivity index is 1.83. The Morgan fingerprint density at radius 2 is 1.45 bits per heavy atom. The van der Waals surface area contributed by atoms with Crippen molar-refractivity contribution in [2.24, 2.45) is 0 Å². The van der Waals surface area contributed by atoms with Crippen LogP contribution in [-0.4, -0.2) is 34.4 Å². The number of pyridine rings is 2. The van der Waals surface area contributed by atoms with Crippen LogP contribution in [-0.2, 0) is 4.74 Å². The quantitative estimate of drug-likeness (QED) is 0.427. The van der Waals surface area contributed by atoms with Crippen LogP contribution >= 0.6 is 7.26 Å². The monoisotopic (exact) mass is 436 g/mol. The lowest BCUT2D eigenvalue weighted by Gasteiger charge is -2.27. The van der Waals surface area contributed by atoms with E-state index in [2.05, 4.69) is 57.7 Å². The molecule has 0 saturated heterocycles. The standard InChI is InChI=1S/C25H30N3O2P/c1-25(2,3)30-24(29)28-17-7-8-18-31(21-11-5-4-6-12-21,22-13-9-15-26-19-22)23-14-10-16-27-20-23/h4-6,9-16,19-20H,7-8,17-18H2,1-3H3/p+1. The third kappa shape index (κ3) is 6.11. The maximum absolute atomic E-state index is 11.9. The highest BCUT2D eigenvalue weighted by atomic mass is 31.2. The van der Waals surface area contributed by atoms with Crippen LogP contribution in [0.25, 0.3) is 0 Å². The van der Waals surface area contributed by atoms with Gasteiger partial charge in [0.05, 0.1) is 18.6 Å². The lowest BCUT2D eigenvalue weighted by atomic mass is 10.2. The molecular formula is C25H31N3O2P+. The molecule has 5 nitrogen and oxygen atoms in total. The van der Waals surface area contributed by atoms with Gasteiger partial charge < -0.3 is 10.1 Å². The summed E-state index contributed by atoms with van der Waals surface area (Å²) in [6.45, 7) is 6.19. The minimum Gasteiger partial charge on any atom is -0.444 e. The third-order valence-corrected chi connectivity index (χ3v) is 9.42. The number of nitrogens with one attached hydrogen (secondary N) is 1. The molecule has 1 aromatic carbocycles. The first-order valence-electron chi connectivity index (χ1n) is 10.6. The van der Waals surface area contributed by atoms with Crippen molar-refractivity contribution < 1.29 is 9.53 Å². The first kappa shape index (κ1) is 22.9. The molecule has 0 atom stereocenters. The number of nitrogens with zero attached hydrogens (tertiary/aromatic N) is 2. The first-order valence-corrected chi connectivity index (χ1v) is 12.6. The maximum Gasteiger partial charge on any atom is 0.407 e. The highest BCUT2D eigenvalue weighted by Crippen LogP contribution is 2.55. The van der Waals surface area contributed by atoms with Gasteiger partial charge in [-0.25, -0.2) is 4.79 Å². The van der Waals surface area contributed by atoms with Crippen LogP contribution in [0.3, 0.4) is 0 Å². The molecule has 0 saturated carbocycles. The number of aromatic nitrogens is 2. The summed E-state index contributed by atoms with van der Waals surface area (Å²) in [7, 11) is -1.92. The predicted molar refractivity (Wildman–Crippen MR) is 129 cm³/mol. The number of carbonyl (C=O) groups is 1. The molecule has 1 amide bonds. The van der Waals surface area contributed by atoms with Gasteiger partial charge in [-0.3, -0.25) is 9.97 Å². The fourth-order valence-electron chi connectivity index (χ4n) is 3.65. The van der Waals surface area contributed by atoms with Crippen LogP contribution in [0.1, 0.15) is 33.6 Å². The van der Waals surface area contributed by atoms with Gasteiger partial charge in [-0.05, 0) is 70.0 Å². The van der Waals surface area contributed by atoms with Gasteiger partial charge in [0.1, 0.15) is 28.8 Å². The Morgan fingerprint density at radius 3 is 1.97 bits per heavy atom. The van der Waals surface area contributed by atoms with Crippen molar-refractivity contribution in [3.8, 4) is 0 Å². The van der Waals surface area contributed by atoms with Crippen LogP contribution in [0.15, 0.2) is 79.4 Å². The molecule has 2 aromatic heterocycles. The van der Waals surface area contributed by atoms with Gasteiger partial charge in [0.2, 0.25) is 0 Å². The smallest absolute Gasteiger partial charge is 0.407 e. The maximum atomic E-state index is 11.9. The van der Waals surface area contributed by atoms with E-state index in [-0.39, 0.29) is 6.09 Å². The molecule has 0 fully saturated rings. The number of hydrogen-bond acceptors (Lipinski definition) is 4. The summed E-state index contributed by atoms with van der Waals surface area (Å²) in [6.07, 6.45) is 10.1. The summed E-state index contributed by atoms with van der Waals surface area (Å²) in [5, 5.41) is 6.68. The van der Waals surface area contributed by atoms with Crippen LogP contribution in [0, 0.1) is 0 Å². The molecule has 3 aromatic rings.